The van der Waals surface area contributed by atoms with Gasteiger partial charge in [0, 0.05) is 11.5 Å². The van der Waals surface area contributed by atoms with Crippen LogP contribution in [-0.4, -0.2) is 10.9 Å². The third-order valence-electron chi connectivity index (χ3n) is 0.207. The predicted molar refractivity (Wildman–Crippen MR) is 21.6 cm³/mol. The number of hydrogen-bond acceptors (Lipinski definition) is 3. The second-order valence-electron chi connectivity index (χ2n) is 0.821. The van der Waals surface area contributed by atoms with Crippen LogP contribution in [0.4, 0.5) is 0 Å². The Morgan fingerprint density at radius 1 is 1.86 bits per heavy atom. The molecule has 0 aromatic rings. The average molecular weight is 123 g/mol. The summed E-state index contributed by atoms with van der Waals surface area (Å²) in [6, 6.07) is 0. The molecule has 40 valence electrons. The molecule has 0 bridgehead atoms. The van der Waals surface area contributed by atoms with Crippen molar-refractivity contribution in [2.75, 3.05) is 0 Å². The average Bonchev–Trinajstić information content (AvgIpc) is 1.27. The van der Waals surface area contributed by atoms with Gasteiger partial charge in [0.2, 0.25) is 0 Å². The first-order valence-corrected chi connectivity index (χ1v) is 2.60. The van der Waals surface area contributed by atoms with Crippen molar-refractivity contribution in [2.45, 2.75) is 6.92 Å². The molecule has 0 saturated carbocycles. The maximum absolute atomic E-state index is 9.69. The molecule has 0 amide bonds. The van der Waals surface area contributed by atoms with E-state index in [1.54, 1.807) is 0 Å². The minimum Gasteiger partial charge on any atom is -0.247 e. The van der Waals surface area contributed by atoms with E-state index in [1.165, 1.54) is 0 Å². The Hall–Kier alpha value is -0.470. The molecule has 0 rings (SSSR count). The van der Waals surface area contributed by atoms with Crippen molar-refractivity contribution in [1.29, 1.82) is 0 Å². The van der Waals surface area contributed by atoms with Gasteiger partial charge < -0.3 is 0 Å². The third-order valence-corrected chi connectivity index (χ3v) is 0.620. The molecule has 0 aromatic carbocycles. The summed E-state index contributed by atoms with van der Waals surface area (Å²) in [6.07, 6.45) is 0. The normalized spacial score (nSPS) is 10.3. The molecule has 0 heterocycles. The fourth-order valence-electron chi connectivity index (χ4n) is 0.110. The fourth-order valence-corrected chi connectivity index (χ4v) is 0.330. The molecule has 4 nitrogen and oxygen atoms in total. The first kappa shape index (κ1) is 6.53. The molecule has 1 N–H and O–H groups in total. The lowest BCUT2D eigenvalue weighted by atomic mass is 10.9. The molecule has 0 saturated heterocycles. The second kappa shape index (κ2) is 2.66. The molecule has 5 heteroatoms. The molecular weight excluding hydrogens is 119 g/mol. The zero-order valence-corrected chi connectivity index (χ0v) is 4.51. The van der Waals surface area contributed by atoms with Crippen LogP contribution >= 0.6 is 8.25 Å². The standard InChI is InChI=1S/C2H3O4P/c1-2(3)6-7(4)5/h1H3/p+1. The molecule has 0 spiro atoms. The molecule has 0 aliphatic heterocycles. The maximum Gasteiger partial charge on any atom is 0.750 e. The second-order valence-corrected chi connectivity index (χ2v) is 1.48. The lowest BCUT2D eigenvalue weighted by Gasteiger charge is -1.71. The molecule has 0 aliphatic carbocycles. The number of carbonyl (C=O) groups excluding carboxylic acids is 1. The van der Waals surface area contributed by atoms with Gasteiger partial charge in [-0.25, -0.2) is 4.79 Å². The highest BCUT2D eigenvalue weighted by Crippen LogP contribution is 2.13. The summed E-state index contributed by atoms with van der Waals surface area (Å²) in [5, 5.41) is 0. The van der Waals surface area contributed by atoms with Crippen molar-refractivity contribution in [1.82, 2.24) is 0 Å². The van der Waals surface area contributed by atoms with Crippen molar-refractivity contribution in [3.63, 3.8) is 0 Å². The highest BCUT2D eigenvalue weighted by Gasteiger charge is 2.14. The van der Waals surface area contributed by atoms with Gasteiger partial charge in [-0.05, 0) is 0 Å². The summed E-state index contributed by atoms with van der Waals surface area (Å²) in [5.74, 6) is -0.747. The van der Waals surface area contributed by atoms with Gasteiger partial charge in [-0.2, -0.15) is 4.52 Å². The van der Waals surface area contributed by atoms with Crippen LogP contribution < -0.4 is 0 Å². The topological polar surface area (TPSA) is 63.6 Å². The van der Waals surface area contributed by atoms with Gasteiger partial charge in [0.25, 0.3) is 0 Å². The first-order valence-electron chi connectivity index (χ1n) is 1.47. The van der Waals surface area contributed by atoms with Gasteiger partial charge >= 0.3 is 14.2 Å². The van der Waals surface area contributed by atoms with Crippen LogP contribution in [0.3, 0.4) is 0 Å². The van der Waals surface area contributed by atoms with E-state index < -0.39 is 14.2 Å². The van der Waals surface area contributed by atoms with E-state index in [0.29, 0.717) is 0 Å². The van der Waals surface area contributed by atoms with E-state index in [2.05, 4.69) is 4.52 Å². The molecule has 0 aliphatic rings. The zero-order valence-electron chi connectivity index (χ0n) is 3.62. The van der Waals surface area contributed by atoms with Gasteiger partial charge in [-0.1, -0.05) is 0 Å². The van der Waals surface area contributed by atoms with Crippen molar-refractivity contribution >= 4 is 14.2 Å². The van der Waals surface area contributed by atoms with Crippen LogP contribution in [0.1, 0.15) is 6.92 Å². The smallest absolute Gasteiger partial charge is 0.247 e. The number of carbonyl (C=O) groups is 1. The summed E-state index contributed by atoms with van der Waals surface area (Å²) >= 11 is 0. The number of rotatable bonds is 1. The van der Waals surface area contributed by atoms with Gasteiger partial charge in [0.05, 0.1) is 0 Å². The van der Waals surface area contributed by atoms with Crippen LogP contribution in [0.2, 0.25) is 0 Å². The Labute approximate surface area is 41.1 Å². The van der Waals surface area contributed by atoms with Crippen LogP contribution in [0.15, 0.2) is 0 Å². The van der Waals surface area contributed by atoms with E-state index in [4.69, 9.17) is 4.89 Å². The number of hydrogen-bond donors (Lipinski definition) is 1. The van der Waals surface area contributed by atoms with E-state index in [-0.39, 0.29) is 0 Å². The molecule has 0 radical (unpaired) electrons. The van der Waals surface area contributed by atoms with Crippen LogP contribution in [0, 0.1) is 0 Å². The minimum atomic E-state index is -2.74. The third kappa shape index (κ3) is 5.53. The summed E-state index contributed by atoms with van der Waals surface area (Å²) in [5.41, 5.74) is 0. The summed E-state index contributed by atoms with van der Waals surface area (Å²) in [7, 11) is -2.74. The highest BCUT2D eigenvalue weighted by atomic mass is 31.1. The Bertz CT molecular complexity index is 85.9. The van der Waals surface area contributed by atoms with Crippen LogP contribution in [0.5, 0.6) is 0 Å². The van der Waals surface area contributed by atoms with Crippen molar-refractivity contribution in [2.24, 2.45) is 0 Å². The monoisotopic (exact) mass is 123 g/mol. The zero-order chi connectivity index (χ0) is 5.86. The van der Waals surface area contributed by atoms with E-state index in [9.17, 15) is 9.36 Å². The molecular formula is C2H4O4P+. The van der Waals surface area contributed by atoms with Crippen molar-refractivity contribution in [3.05, 3.63) is 0 Å². The quantitative estimate of drug-likeness (QED) is 0.506. The Kier molecular flexibility index (Phi) is 2.48. The molecule has 1 unspecified atom stereocenters. The molecule has 7 heavy (non-hydrogen) atoms. The van der Waals surface area contributed by atoms with Gasteiger partial charge in [-0.15, -0.1) is 4.89 Å². The fraction of sp³-hybridized carbons (Fsp3) is 0.500. The first-order chi connectivity index (χ1) is 3.13. The van der Waals surface area contributed by atoms with Gasteiger partial charge in [0.1, 0.15) is 0 Å². The highest BCUT2D eigenvalue weighted by molar-refractivity contribution is 7.32. The largest absolute Gasteiger partial charge is 0.750 e. The lowest BCUT2D eigenvalue weighted by molar-refractivity contribution is -0.131. The summed E-state index contributed by atoms with van der Waals surface area (Å²) in [6.45, 7) is 1.06. The minimum absolute atomic E-state index is 0.747. The van der Waals surface area contributed by atoms with E-state index in [0.717, 1.165) is 6.92 Å². The lowest BCUT2D eigenvalue weighted by Crippen LogP contribution is -1.87. The molecule has 0 fully saturated rings. The maximum atomic E-state index is 9.69. The molecule has 0 aromatic heterocycles. The Balaban J connectivity index is 3.32. The van der Waals surface area contributed by atoms with Crippen LogP contribution in [0.25, 0.3) is 0 Å². The SMILES string of the molecule is CC(=O)O[P+](=O)O. The van der Waals surface area contributed by atoms with E-state index >= 15 is 0 Å². The summed E-state index contributed by atoms with van der Waals surface area (Å²) < 4.78 is 13.2. The predicted octanol–water partition coefficient (Wildman–Crippen LogP) is 0.199. The summed E-state index contributed by atoms with van der Waals surface area (Å²) in [4.78, 5) is 17.5. The Morgan fingerprint density at radius 2 is 2.29 bits per heavy atom. The van der Waals surface area contributed by atoms with Gasteiger partial charge in [-0.3, -0.25) is 0 Å². The van der Waals surface area contributed by atoms with Crippen molar-refractivity contribution < 1.29 is 18.8 Å². The Morgan fingerprint density at radius 3 is 2.29 bits per heavy atom. The van der Waals surface area contributed by atoms with Crippen molar-refractivity contribution in [3.8, 4) is 0 Å². The van der Waals surface area contributed by atoms with Gasteiger partial charge in [0.15, 0.2) is 0 Å². The van der Waals surface area contributed by atoms with E-state index in [1.807, 2.05) is 0 Å². The molecule has 1 atom stereocenters. The van der Waals surface area contributed by atoms with Crippen LogP contribution in [-0.2, 0) is 13.9 Å².